The zero-order valence-electron chi connectivity index (χ0n) is 13.1. The molecule has 8 nitrogen and oxygen atoms in total. The minimum absolute atomic E-state index is 0.281. The van der Waals surface area contributed by atoms with E-state index in [1.807, 2.05) is 5.32 Å². The van der Waals surface area contributed by atoms with Crippen molar-refractivity contribution in [1.82, 2.24) is 20.3 Å². The van der Waals surface area contributed by atoms with Crippen LogP contribution in [0.15, 0.2) is 24.3 Å². The van der Waals surface area contributed by atoms with E-state index in [4.69, 9.17) is 5.11 Å². The van der Waals surface area contributed by atoms with Crippen molar-refractivity contribution in [3.8, 4) is 5.69 Å². The Morgan fingerprint density at radius 3 is 2.62 bits per heavy atom. The third-order valence-corrected chi connectivity index (χ3v) is 3.21. The molecule has 1 heterocycles. The predicted molar refractivity (Wildman–Crippen MR) is 77.1 cm³/mol. The van der Waals surface area contributed by atoms with E-state index in [1.165, 1.54) is 6.07 Å². The number of carboxylic acids is 1. The first-order valence-corrected chi connectivity index (χ1v) is 6.97. The van der Waals surface area contributed by atoms with Gasteiger partial charge in [0.1, 0.15) is 5.82 Å². The summed E-state index contributed by atoms with van der Waals surface area (Å²) in [5.41, 5.74) is -2.89. The Kier molecular flexibility index (Phi) is 5.55. The van der Waals surface area contributed by atoms with Gasteiger partial charge in [0, 0.05) is 7.11 Å². The molecule has 1 atom stereocenters. The SMILES string of the molecule is COC(CNC(=O)c1nnn(-c2cccc(F)c2)c1C(F)(F)F)C(=O)O. The molecule has 2 aromatic rings. The number of nitrogens with zero attached hydrogens (tertiary/aromatic N) is 3. The number of halogens is 4. The van der Waals surface area contributed by atoms with E-state index in [0.717, 1.165) is 25.3 Å². The summed E-state index contributed by atoms with van der Waals surface area (Å²) in [6.07, 6.45) is -6.48. The highest BCUT2D eigenvalue weighted by atomic mass is 19.4. The van der Waals surface area contributed by atoms with Crippen LogP contribution in [-0.2, 0) is 15.7 Å². The quantitative estimate of drug-likeness (QED) is 0.735. The van der Waals surface area contributed by atoms with Gasteiger partial charge in [-0.25, -0.2) is 13.9 Å². The highest BCUT2D eigenvalue weighted by molar-refractivity contribution is 5.93. The summed E-state index contributed by atoms with van der Waals surface area (Å²) in [4.78, 5) is 22.8. The van der Waals surface area contributed by atoms with E-state index in [2.05, 4.69) is 15.0 Å². The van der Waals surface area contributed by atoms with E-state index in [9.17, 15) is 27.2 Å². The Bertz CT molecular complexity index is 822. The second kappa shape index (κ2) is 7.47. The first-order chi connectivity index (χ1) is 12.1. The molecule has 1 aromatic heterocycles. The summed E-state index contributed by atoms with van der Waals surface area (Å²) in [6.45, 7) is -0.589. The zero-order valence-corrected chi connectivity index (χ0v) is 13.1. The molecule has 0 bridgehead atoms. The summed E-state index contributed by atoms with van der Waals surface area (Å²) < 4.78 is 58.3. The monoisotopic (exact) mass is 376 g/mol. The van der Waals surface area contributed by atoms with Crippen LogP contribution in [0.5, 0.6) is 0 Å². The van der Waals surface area contributed by atoms with E-state index < -0.39 is 47.9 Å². The number of rotatable bonds is 6. The largest absolute Gasteiger partial charge is 0.479 e. The van der Waals surface area contributed by atoms with Crippen LogP contribution in [0.3, 0.4) is 0 Å². The van der Waals surface area contributed by atoms with Crippen molar-refractivity contribution in [2.45, 2.75) is 12.3 Å². The number of amides is 1. The molecular formula is C14H12F4N4O4. The first kappa shape index (κ1) is 19.3. The number of nitrogens with one attached hydrogen (secondary N) is 1. The molecule has 2 N–H and O–H groups in total. The summed E-state index contributed by atoms with van der Waals surface area (Å²) in [5, 5.41) is 17.3. The van der Waals surface area contributed by atoms with E-state index in [-0.39, 0.29) is 10.4 Å². The van der Waals surface area contributed by atoms with Gasteiger partial charge < -0.3 is 15.2 Å². The molecule has 12 heteroatoms. The number of aromatic nitrogens is 3. The lowest BCUT2D eigenvalue weighted by molar-refractivity contribution is -0.148. The van der Waals surface area contributed by atoms with Crippen LogP contribution in [-0.4, -0.2) is 51.7 Å². The second-order valence-corrected chi connectivity index (χ2v) is 4.95. The molecule has 1 amide bonds. The smallest absolute Gasteiger partial charge is 0.435 e. The van der Waals surface area contributed by atoms with Gasteiger partial charge in [0.15, 0.2) is 17.5 Å². The van der Waals surface area contributed by atoms with Crippen LogP contribution in [0.1, 0.15) is 16.2 Å². The molecule has 0 aliphatic heterocycles. The van der Waals surface area contributed by atoms with Crippen molar-refractivity contribution in [1.29, 1.82) is 0 Å². The Balaban J connectivity index is 2.38. The number of carbonyl (C=O) groups excluding carboxylic acids is 1. The van der Waals surface area contributed by atoms with Gasteiger partial charge in [0.05, 0.1) is 12.2 Å². The molecule has 0 aliphatic rings. The van der Waals surface area contributed by atoms with Crippen molar-refractivity contribution >= 4 is 11.9 Å². The van der Waals surface area contributed by atoms with Crippen LogP contribution in [0.4, 0.5) is 17.6 Å². The predicted octanol–water partition coefficient (Wildman–Crippen LogP) is 1.25. The molecule has 0 saturated heterocycles. The molecule has 0 aliphatic carbocycles. The lowest BCUT2D eigenvalue weighted by Crippen LogP contribution is -2.38. The third kappa shape index (κ3) is 4.14. The van der Waals surface area contributed by atoms with Gasteiger partial charge in [-0.15, -0.1) is 5.10 Å². The second-order valence-electron chi connectivity index (χ2n) is 4.95. The minimum Gasteiger partial charge on any atom is -0.479 e. The van der Waals surface area contributed by atoms with Gasteiger partial charge in [0.25, 0.3) is 5.91 Å². The van der Waals surface area contributed by atoms with Gasteiger partial charge in [-0.3, -0.25) is 4.79 Å². The Morgan fingerprint density at radius 2 is 2.08 bits per heavy atom. The molecule has 2 rings (SSSR count). The number of aliphatic carboxylic acids is 1. The summed E-state index contributed by atoms with van der Waals surface area (Å²) >= 11 is 0. The normalized spacial score (nSPS) is 12.7. The molecule has 140 valence electrons. The van der Waals surface area contributed by atoms with Crippen molar-refractivity contribution < 1.29 is 37.0 Å². The fraction of sp³-hybridized carbons (Fsp3) is 0.286. The van der Waals surface area contributed by atoms with E-state index in [1.54, 1.807) is 0 Å². The number of alkyl halides is 3. The number of methoxy groups -OCH3 is 1. The molecule has 1 aromatic carbocycles. The van der Waals surface area contributed by atoms with Crippen molar-refractivity contribution in [2.24, 2.45) is 0 Å². The lowest BCUT2D eigenvalue weighted by atomic mass is 10.2. The molecule has 26 heavy (non-hydrogen) atoms. The lowest BCUT2D eigenvalue weighted by Gasteiger charge is -2.13. The number of ether oxygens (including phenoxy) is 1. The number of hydrogen-bond donors (Lipinski definition) is 2. The highest BCUT2D eigenvalue weighted by Gasteiger charge is 2.42. The molecule has 0 saturated carbocycles. The maximum absolute atomic E-state index is 13.4. The molecular weight excluding hydrogens is 364 g/mol. The third-order valence-electron chi connectivity index (χ3n) is 3.21. The standard InChI is InChI=1S/C14H12F4N4O4/c1-26-9(13(24)25)6-19-12(23)10-11(14(16,17)18)22(21-20-10)8-4-2-3-7(15)5-8/h2-5,9H,6H2,1H3,(H,19,23)(H,24,25). The van der Waals surface area contributed by atoms with Gasteiger partial charge in [-0.05, 0) is 18.2 Å². The van der Waals surface area contributed by atoms with Crippen LogP contribution >= 0.6 is 0 Å². The number of carbonyl (C=O) groups is 2. The van der Waals surface area contributed by atoms with Gasteiger partial charge in [0.2, 0.25) is 0 Å². The average molecular weight is 376 g/mol. The van der Waals surface area contributed by atoms with Gasteiger partial charge in [-0.1, -0.05) is 11.3 Å². The highest BCUT2D eigenvalue weighted by Crippen LogP contribution is 2.32. The Hall–Kier alpha value is -3.02. The fourth-order valence-electron chi connectivity index (χ4n) is 2.02. The molecule has 0 fully saturated rings. The Morgan fingerprint density at radius 1 is 1.38 bits per heavy atom. The maximum atomic E-state index is 13.4. The molecule has 0 spiro atoms. The summed E-state index contributed by atoms with van der Waals surface area (Å²) in [7, 11) is 1.06. The van der Waals surface area contributed by atoms with Crippen LogP contribution < -0.4 is 5.32 Å². The van der Waals surface area contributed by atoms with E-state index >= 15 is 0 Å². The van der Waals surface area contributed by atoms with Crippen LogP contribution in [0.2, 0.25) is 0 Å². The van der Waals surface area contributed by atoms with Crippen molar-refractivity contribution in [3.63, 3.8) is 0 Å². The van der Waals surface area contributed by atoms with Crippen molar-refractivity contribution in [2.75, 3.05) is 13.7 Å². The van der Waals surface area contributed by atoms with E-state index in [0.29, 0.717) is 0 Å². The molecule has 1 unspecified atom stereocenters. The zero-order chi connectivity index (χ0) is 19.5. The Labute approximate surface area is 143 Å². The van der Waals surface area contributed by atoms with Crippen molar-refractivity contribution in [3.05, 3.63) is 41.5 Å². The number of hydrogen-bond acceptors (Lipinski definition) is 5. The topological polar surface area (TPSA) is 106 Å². The minimum atomic E-state index is -5.03. The summed E-state index contributed by atoms with van der Waals surface area (Å²) in [6, 6.07) is 4.14. The fourth-order valence-corrected chi connectivity index (χ4v) is 2.02. The first-order valence-electron chi connectivity index (χ1n) is 6.97. The van der Waals surface area contributed by atoms with Gasteiger partial charge in [-0.2, -0.15) is 13.2 Å². The number of carboxylic acid groups (broad SMARTS) is 1. The van der Waals surface area contributed by atoms with Crippen LogP contribution in [0.25, 0.3) is 5.69 Å². The molecule has 0 radical (unpaired) electrons. The number of benzene rings is 1. The van der Waals surface area contributed by atoms with Crippen LogP contribution in [0, 0.1) is 5.82 Å². The maximum Gasteiger partial charge on any atom is 0.435 e. The summed E-state index contributed by atoms with van der Waals surface area (Å²) in [5.74, 6) is -3.52. The average Bonchev–Trinajstić information content (AvgIpc) is 3.00. The van der Waals surface area contributed by atoms with Gasteiger partial charge >= 0.3 is 12.1 Å².